The van der Waals surface area contributed by atoms with Crippen LogP contribution < -0.4 is 4.90 Å². The van der Waals surface area contributed by atoms with Gasteiger partial charge in [-0.3, -0.25) is 5.10 Å². The molecule has 0 saturated heterocycles. The lowest BCUT2D eigenvalue weighted by Gasteiger charge is -2.14. The zero-order valence-corrected chi connectivity index (χ0v) is 9.57. The van der Waals surface area contributed by atoms with Gasteiger partial charge in [0.15, 0.2) is 3.95 Å². The molecule has 3 rings (SSSR count). The normalized spacial score (nSPS) is 14.3. The first-order chi connectivity index (χ1) is 7.34. The lowest BCUT2D eigenvalue weighted by Crippen LogP contribution is -2.12. The molecule has 1 aliphatic heterocycles. The second kappa shape index (κ2) is 3.43. The third-order valence-electron chi connectivity index (χ3n) is 2.54. The van der Waals surface area contributed by atoms with Crippen molar-refractivity contribution in [2.45, 2.75) is 6.42 Å². The number of fused-ring (bicyclic) bond motifs is 1. The van der Waals surface area contributed by atoms with Gasteiger partial charge in [-0.2, -0.15) is 0 Å². The maximum absolute atomic E-state index is 5.04. The molecule has 1 aromatic carbocycles. The highest BCUT2D eigenvalue weighted by atomic mass is 32.1. The van der Waals surface area contributed by atoms with E-state index < -0.39 is 0 Å². The van der Waals surface area contributed by atoms with Crippen LogP contribution >= 0.6 is 23.6 Å². The molecule has 3 nitrogen and oxygen atoms in total. The van der Waals surface area contributed by atoms with Crippen LogP contribution in [0.2, 0.25) is 0 Å². The van der Waals surface area contributed by atoms with E-state index in [0.717, 1.165) is 22.1 Å². The van der Waals surface area contributed by atoms with E-state index in [0.29, 0.717) is 0 Å². The Bertz CT molecular complexity index is 543. The average Bonchev–Trinajstić information content (AvgIpc) is 2.83. The highest BCUT2D eigenvalue weighted by Gasteiger charge is 2.21. The number of benzene rings is 1. The Morgan fingerprint density at radius 1 is 1.40 bits per heavy atom. The van der Waals surface area contributed by atoms with Crippen LogP contribution in [0.3, 0.4) is 0 Å². The molecule has 1 aromatic heterocycles. The Labute approximate surface area is 96.4 Å². The van der Waals surface area contributed by atoms with Gasteiger partial charge in [0.1, 0.15) is 0 Å². The number of para-hydroxylation sites is 1. The Morgan fingerprint density at radius 2 is 2.27 bits per heavy atom. The molecule has 1 aliphatic rings. The first-order valence-corrected chi connectivity index (χ1v) is 5.98. The van der Waals surface area contributed by atoms with Gasteiger partial charge in [0.25, 0.3) is 0 Å². The standard InChI is InChI=1S/C10H9N3S2/c14-10-12-11-9(15-10)13-6-5-7-3-1-2-4-8(7)13/h1-4H,5-6H2,(H,12,14). The van der Waals surface area contributed by atoms with Crippen molar-refractivity contribution in [3.63, 3.8) is 0 Å². The molecular weight excluding hydrogens is 226 g/mol. The third kappa shape index (κ3) is 1.48. The van der Waals surface area contributed by atoms with Crippen LogP contribution in [0.1, 0.15) is 5.56 Å². The number of nitrogens with one attached hydrogen (secondary N) is 1. The summed E-state index contributed by atoms with van der Waals surface area (Å²) in [5.74, 6) is 0. The van der Waals surface area contributed by atoms with Crippen LogP contribution in [0.15, 0.2) is 24.3 Å². The van der Waals surface area contributed by atoms with Crippen molar-refractivity contribution in [1.29, 1.82) is 0 Å². The van der Waals surface area contributed by atoms with Crippen molar-refractivity contribution in [3.8, 4) is 0 Å². The molecule has 2 aromatic rings. The molecule has 5 heteroatoms. The second-order valence-electron chi connectivity index (χ2n) is 3.43. The molecule has 15 heavy (non-hydrogen) atoms. The zero-order valence-electron chi connectivity index (χ0n) is 7.93. The van der Waals surface area contributed by atoms with Crippen molar-refractivity contribution in [3.05, 3.63) is 33.8 Å². The molecule has 76 valence electrons. The highest BCUT2D eigenvalue weighted by Crippen LogP contribution is 2.34. The first kappa shape index (κ1) is 9.06. The van der Waals surface area contributed by atoms with Gasteiger partial charge in [-0.05, 0) is 30.3 Å². The van der Waals surface area contributed by atoms with Gasteiger partial charge < -0.3 is 4.90 Å². The van der Waals surface area contributed by atoms with Crippen molar-refractivity contribution in [1.82, 2.24) is 10.2 Å². The van der Waals surface area contributed by atoms with Crippen molar-refractivity contribution in [2.75, 3.05) is 11.4 Å². The maximum atomic E-state index is 5.04. The Morgan fingerprint density at radius 3 is 3.07 bits per heavy atom. The van der Waals surface area contributed by atoms with Crippen LogP contribution in [0.5, 0.6) is 0 Å². The van der Waals surface area contributed by atoms with Gasteiger partial charge in [0.05, 0.1) is 0 Å². The Kier molecular flexibility index (Phi) is 2.07. The quantitative estimate of drug-likeness (QED) is 0.771. The Balaban J connectivity index is 2.07. The molecule has 0 saturated carbocycles. The maximum Gasteiger partial charge on any atom is 0.211 e. The molecule has 0 atom stereocenters. The summed E-state index contributed by atoms with van der Waals surface area (Å²) in [6.45, 7) is 0.996. The number of hydrogen-bond acceptors (Lipinski definition) is 4. The van der Waals surface area contributed by atoms with E-state index >= 15 is 0 Å². The van der Waals surface area contributed by atoms with Gasteiger partial charge in [-0.15, -0.1) is 5.10 Å². The molecule has 0 fully saturated rings. The van der Waals surface area contributed by atoms with Gasteiger partial charge in [0, 0.05) is 12.2 Å². The fraction of sp³-hybridized carbons (Fsp3) is 0.200. The minimum absolute atomic E-state index is 0.731. The molecule has 0 spiro atoms. The van der Waals surface area contributed by atoms with Crippen LogP contribution in [-0.4, -0.2) is 16.7 Å². The van der Waals surface area contributed by atoms with Crippen molar-refractivity contribution in [2.24, 2.45) is 0 Å². The molecule has 0 radical (unpaired) electrons. The van der Waals surface area contributed by atoms with E-state index in [1.807, 2.05) is 0 Å². The molecule has 0 bridgehead atoms. The van der Waals surface area contributed by atoms with Crippen LogP contribution in [0, 0.1) is 3.95 Å². The lowest BCUT2D eigenvalue weighted by molar-refractivity contribution is 0.959. The van der Waals surface area contributed by atoms with E-state index in [-0.39, 0.29) is 0 Å². The number of rotatable bonds is 1. The summed E-state index contributed by atoms with van der Waals surface area (Å²) in [6.07, 6.45) is 1.09. The number of nitrogens with zero attached hydrogens (tertiary/aromatic N) is 2. The van der Waals surface area contributed by atoms with Gasteiger partial charge in [-0.1, -0.05) is 29.5 Å². The minimum atomic E-state index is 0.731. The van der Waals surface area contributed by atoms with E-state index in [9.17, 15) is 0 Å². The second-order valence-corrected chi connectivity index (χ2v) is 5.07. The highest BCUT2D eigenvalue weighted by molar-refractivity contribution is 7.73. The summed E-state index contributed by atoms with van der Waals surface area (Å²) in [6, 6.07) is 8.44. The molecule has 0 unspecified atom stereocenters. The van der Waals surface area contributed by atoms with Crippen molar-refractivity contribution >= 4 is 34.4 Å². The van der Waals surface area contributed by atoms with Gasteiger partial charge >= 0.3 is 0 Å². The lowest BCUT2D eigenvalue weighted by atomic mass is 10.2. The van der Waals surface area contributed by atoms with Gasteiger partial charge in [-0.25, -0.2) is 0 Å². The van der Waals surface area contributed by atoms with Crippen LogP contribution in [0.4, 0.5) is 10.8 Å². The molecule has 0 amide bonds. The monoisotopic (exact) mass is 235 g/mol. The summed E-state index contributed by atoms with van der Waals surface area (Å²) in [5, 5.41) is 7.99. The predicted octanol–water partition coefficient (Wildman–Crippen LogP) is 2.89. The Hall–Kier alpha value is -1.20. The van der Waals surface area contributed by atoms with E-state index in [1.54, 1.807) is 0 Å². The number of aromatic amines is 1. The third-order valence-corrected chi connectivity index (χ3v) is 3.66. The molecule has 0 aliphatic carbocycles. The average molecular weight is 235 g/mol. The fourth-order valence-electron chi connectivity index (χ4n) is 1.87. The van der Waals surface area contributed by atoms with Crippen LogP contribution in [0.25, 0.3) is 0 Å². The number of anilines is 2. The molecule has 1 N–H and O–H groups in total. The first-order valence-electron chi connectivity index (χ1n) is 4.75. The largest absolute Gasteiger partial charge is 0.316 e. The van der Waals surface area contributed by atoms with E-state index in [2.05, 4.69) is 39.4 Å². The SMILES string of the molecule is S=c1[nH]nc(N2CCc3ccccc32)s1. The fourth-order valence-corrected chi connectivity index (χ4v) is 2.79. The number of H-pyrrole nitrogens is 1. The zero-order chi connectivity index (χ0) is 10.3. The molecule has 2 heterocycles. The smallest absolute Gasteiger partial charge is 0.211 e. The van der Waals surface area contributed by atoms with Crippen molar-refractivity contribution < 1.29 is 0 Å². The predicted molar refractivity (Wildman–Crippen MR) is 64.5 cm³/mol. The topological polar surface area (TPSA) is 31.9 Å². The number of aromatic nitrogens is 2. The molecular formula is C10H9N3S2. The van der Waals surface area contributed by atoms with Crippen LogP contribution in [-0.2, 0) is 6.42 Å². The minimum Gasteiger partial charge on any atom is -0.316 e. The van der Waals surface area contributed by atoms with Gasteiger partial charge in [0.2, 0.25) is 5.13 Å². The summed E-state index contributed by atoms with van der Waals surface area (Å²) < 4.78 is 0.731. The summed E-state index contributed by atoms with van der Waals surface area (Å²) in [7, 11) is 0. The van der Waals surface area contributed by atoms with E-state index in [1.165, 1.54) is 22.6 Å². The summed E-state index contributed by atoms with van der Waals surface area (Å²) in [5.41, 5.74) is 2.65. The summed E-state index contributed by atoms with van der Waals surface area (Å²) in [4.78, 5) is 2.21. The van der Waals surface area contributed by atoms with E-state index in [4.69, 9.17) is 12.2 Å². The number of hydrogen-bond donors (Lipinski definition) is 1. The summed E-state index contributed by atoms with van der Waals surface area (Å²) >= 11 is 6.56.